The van der Waals surface area contributed by atoms with E-state index in [-0.39, 0.29) is 0 Å². The highest BCUT2D eigenvalue weighted by atomic mass is 14.9. The summed E-state index contributed by atoms with van der Waals surface area (Å²) in [6, 6.07) is 12.2. The Bertz CT molecular complexity index is 423. The molecule has 3 heteroatoms. The highest BCUT2D eigenvalue weighted by Gasteiger charge is 1.94. The first-order valence-corrected chi connectivity index (χ1v) is 5.30. The van der Waals surface area contributed by atoms with Gasteiger partial charge in [0.15, 0.2) is 0 Å². The molecule has 16 heavy (non-hydrogen) atoms. The van der Waals surface area contributed by atoms with Crippen molar-refractivity contribution in [3.63, 3.8) is 0 Å². The van der Waals surface area contributed by atoms with Crippen molar-refractivity contribution in [2.75, 3.05) is 5.32 Å². The predicted octanol–water partition coefficient (Wildman–Crippen LogP) is 2.15. The quantitative estimate of drug-likeness (QED) is 0.818. The van der Waals surface area contributed by atoms with E-state index in [9.17, 15) is 0 Å². The third-order valence-corrected chi connectivity index (χ3v) is 2.44. The summed E-state index contributed by atoms with van der Waals surface area (Å²) >= 11 is 0. The minimum atomic E-state index is 0.588. The molecule has 3 nitrogen and oxygen atoms in total. The van der Waals surface area contributed by atoms with Gasteiger partial charge in [0.1, 0.15) is 0 Å². The van der Waals surface area contributed by atoms with Crippen molar-refractivity contribution in [2.45, 2.75) is 13.1 Å². The van der Waals surface area contributed by atoms with Crippen LogP contribution in [0.25, 0.3) is 0 Å². The molecule has 0 unspecified atom stereocenters. The van der Waals surface area contributed by atoms with Crippen LogP contribution >= 0.6 is 0 Å². The number of nitrogens with zero attached hydrogens (tertiary/aromatic N) is 1. The SMILES string of the molecule is NCc1ccc(NCc2ccncc2)cc1. The van der Waals surface area contributed by atoms with Gasteiger partial charge in [-0.2, -0.15) is 0 Å². The monoisotopic (exact) mass is 213 g/mol. The molecule has 0 radical (unpaired) electrons. The van der Waals surface area contributed by atoms with Crippen molar-refractivity contribution in [1.29, 1.82) is 0 Å². The number of anilines is 1. The zero-order chi connectivity index (χ0) is 11.2. The Kier molecular flexibility index (Phi) is 3.51. The number of hydrogen-bond donors (Lipinski definition) is 2. The molecule has 3 N–H and O–H groups in total. The van der Waals surface area contributed by atoms with Crippen LogP contribution in [0, 0.1) is 0 Å². The number of nitrogens with two attached hydrogens (primary N) is 1. The van der Waals surface area contributed by atoms with E-state index in [1.807, 2.05) is 36.4 Å². The Hall–Kier alpha value is -1.87. The fourth-order valence-electron chi connectivity index (χ4n) is 1.46. The number of rotatable bonds is 4. The lowest BCUT2D eigenvalue weighted by Gasteiger charge is -2.06. The van der Waals surface area contributed by atoms with Gasteiger partial charge in [-0.1, -0.05) is 12.1 Å². The van der Waals surface area contributed by atoms with Gasteiger partial charge in [0.25, 0.3) is 0 Å². The molecule has 2 rings (SSSR count). The molecule has 0 fully saturated rings. The van der Waals surface area contributed by atoms with E-state index in [4.69, 9.17) is 5.73 Å². The second-order valence-electron chi connectivity index (χ2n) is 3.61. The molecule has 1 aromatic heterocycles. The van der Waals surface area contributed by atoms with E-state index in [0.717, 1.165) is 17.8 Å². The molecule has 2 aromatic rings. The summed E-state index contributed by atoms with van der Waals surface area (Å²) in [5.74, 6) is 0. The van der Waals surface area contributed by atoms with Crippen molar-refractivity contribution >= 4 is 5.69 Å². The van der Waals surface area contributed by atoms with Crippen LogP contribution in [-0.4, -0.2) is 4.98 Å². The summed E-state index contributed by atoms with van der Waals surface area (Å²) in [5, 5.41) is 3.34. The molecule has 0 saturated carbocycles. The van der Waals surface area contributed by atoms with Crippen LogP contribution in [0.3, 0.4) is 0 Å². The Morgan fingerprint density at radius 3 is 2.25 bits per heavy atom. The van der Waals surface area contributed by atoms with Crippen LogP contribution in [0.5, 0.6) is 0 Å². The predicted molar refractivity (Wildman–Crippen MR) is 65.9 cm³/mol. The lowest BCUT2D eigenvalue weighted by atomic mass is 10.2. The van der Waals surface area contributed by atoms with Crippen LogP contribution in [0.1, 0.15) is 11.1 Å². The molecular weight excluding hydrogens is 198 g/mol. The molecule has 1 heterocycles. The largest absolute Gasteiger partial charge is 0.381 e. The Morgan fingerprint density at radius 1 is 0.938 bits per heavy atom. The van der Waals surface area contributed by atoms with Crippen LogP contribution < -0.4 is 11.1 Å². The van der Waals surface area contributed by atoms with Gasteiger partial charge in [0, 0.05) is 31.2 Å². The molecule has 0 amide bonds. The summed E-state index contributed by atoms with van der Waals surface area (Å²) in [5.41, 5.74) is 9.01. The molecule has 0 saturated heterocycles. The van der Waals surface area contributed by atoms with E-state index in [1.165, 1.54) is 5.56 Å². The lowest BCUT2D eigenvalue weighted by Crippen LogP contribution is -2.00. The fraction of sp³-hybridized carbons (Fsp3) is 0.154. The van der Waals surface area contributed by atoms with Gasteiger partial charge in [-0.05, 0) is 35.4 Å². The van der Waals surface area contributed by atoms with Crippen molar-refractivity contribution in [2.24, 2.45) is 5.73 Å². The average molecular weight is 213 g/mol. The maximum atomic E-state index is 5.54. The zero-order valence-electron chi connectivity index (χ0n) is 9.06. The molecule has 0 aliphatic rings. The minimum absolute atomic E-state index is 0.588. The highest BCUT2D eigenvalue weighted by molar-refractivity contribution is 5.45. The highest BCUT2D eigenvalue weighted by Crippen LogP contribution is 2.10. The van der Waals surface area contributed by atoms with E-state index < -0.39 is 0 Å². The number of hydrogen-bond acceptors (Lipinski definition) is 3. The smallest absolute Gasteiger partial charge is 0.0401 e. The Morgan fingerprint density at radius 2 is 1.62 bits per heavy atom. The summed E-state index contributed by atoms with van der Waals surface area (Å²) in [6.07, 6.45) is 3.60. The van der Waals surface area contributed by atoms with Gasteiger partial charge in [0.05, 0.1) is 0 Å². The van der Waals surface area contributed by atoms with E-state index in [0.29, 0.717) is 6.54 Å². The molecule has 0 bridgehead atoms. The Labute approximate surface area is 95.3 Å². The van der Waals surface area contributed by atoms with Crippen LogP contribution in [0.15, 0.2) is 48.8 Å². The third kappa shape index (κ3) is 2.81. The molecule has 0 aliphatic heterocycles. The van der Waals surface area contributed by atoms with Gasteiger partial charge in [0.2, 0.25) is 0 Å². The number of benzene rings is 1. The second kappa shape index (κ2) is 5.28. The van der Waals surface area contributed by atoms with Crippen molar-refractivity contribution in [3.8, 4) is 0 Å². The van der Waals surface area contributed by atoms with Gasteiger partial charge < -0.3 is 11.1 Å². The van der Waals surface area contributed by atoms with Gasteiger partial charge in [-0.25, -0.2) is 0 Å². The first-order valence-electron chi connectivity index (χ1n) is 5.30. The van der Waals surface area contributed by atoms with Crippen molar-refractivity contribution < 1.29 is 0 Å². The van der Waals surface area contributed by atoms with Crippen molar-refractivity contribution in [3.05, 3.63) is 59.9 Å². The van der Waals surface area contributed by atoms with Gasteiger partial charge >= 0.3 is 0 Å². The summed E-state index contributed by atoms with van der Waals surface area (Å²) in [6.45, 7) is 1.40. The summed E-state index contributed by atoms with van der Waals surface area (Å²) in [4.78, 5) is 3.98. The standard InChI is InChI=1S/C13H15N3/c14-9-11-1-3-13(4-2-11)16-10-12-5-7-15-8-6-12/h1-8,16H,9-10,14H2. The maximum Gasteiger partial charge on any atom is 0.0401 e. The van der Waals surface area contributed by atoms with E-state index in [1.54, 1.807) is 12.4 Å². The van der Waals surface area contributed by atoms with E-state index in [2.05, 4.69) is 10.3 Å². The molecule has 0 aliphatic carbocycles. The number of aromatic nitrogens is 1. The molecule has 1 aromatic carbocycles. The molecule has 82 valence electrons. The number of pyridine rings is 1. The number of nitrogens with one attached hydrogen (secondary N) is 1. The maximum absolute atomic E-state index is 5.54. The summed E-state index contributed by atoms with van der Waals surface area (Å²) < 4.78 is 0. The summed E-state index contributed by atoms with van der Waals surface area (Å²) in [7, 11) is 0. The first kappa shape index (κ1) is 10.6. The first-order chi connectivity index (χ1) is 7.88. The minimum Gasteiger partial charge on any atom is -0.381 e. The topological polar surface area (TPSA) is 50.9 Å². The molecular formula is C13H15N3. The fourth-order valence-corrected chi connectivity index (χ4v) is 1.46. The van der Waals surface area contributed by atoms with Crippen molar-refractivity contribution in [1.82, 2.24) is 4.98 Å². The lowest BCUT2D eigenvalue weighted by molar-refractivity contribution is 1.07. The average Bonchev–Trinajstić information content (AvgIpc) is 2.38. The third-order valence-electron chi connectivity index (χ3n) is 2.44. The van der Waals surface area contributed by atoms with E-state index >= 15 is 0 Å². The Balaban J connectivity index is 1.94. The molecule has 0 atom stereocenters. The van der Waals surface area contributed by atoms with Crippen LogP contribution in [0.4, 0.5) is 5.69 Å². The zero-order valence-corrected chi connectivity index (χ0v) is 9.06. The molecule has 0 spiro atoms. The normalized spacial score (nSPS) is 10.1. The van der Waals surface area contributed by atoms with Gasteiger partial charge in [-0.3, -0.25) is 4.98 Å². The van der Waals surface area contributed by atoms with Crippen LogP contribution in [-0.2, 0) is 13.1 Å². The second-order valence-corrected chi connectivity index (χ2v) is 3.61. The van der Waals surface area contributed by atoms with Crippen LogP contribution in [0.2, 0.25) is 0 Å². The van der Waals surface area contributed by atoms with Gasteiger partial charge in [-0.15, -0.1) is 0 Å².